The van der Waals surface area contributed by atoms with Crippen molar-refractivity contribution in [1.82, 2.24) is 9.13 Å². The molecule has 6 aromatic carbocycles. The number of nitriles is 2. The number of benzene rings is 6. The van der Waals surface area contributed by atoms with Crippen LogP contribution in [0.1, 0.15) is 106 Å². The predicted octanol–water partition coefficient (Wildman–Crippen LogP) is 15.2. The summed E-state index contributed by atoms with van der Waals surface area (Å²) >= 11 is 0. The van der Waals surface area contributed by atoms with Gasteiger partial charge in [-0.15, -0.1) is 0 Å². The van der Waals surface area contributed by atoms with Gasteiger partial charge < -0.3 is 9.13 Å². The number of aryl methyl sites for hydroxylation is 8. The zero-order chi connectivity index (χ0) is 45.5. The van der Waals surface area contributed by atoms with Crippen LogP contribution in [0.3, 0.4) is 0 Å². The van der Waals surface area contributed by atoms with Gasteiger partial charge in [-0.25, -0.2) is 0 Å². The van der Waals surface area contributed by atoms with Gasteiger partial charge >= 0.3 is 6.18 Å². The van der Waals surface area contributed by atoms with Gasteiger partial charge in [0.05, 0.1) is 50.6 Å². The zero-order valence-electron chi connectivity index (χ0n) is 38.8. The van der Waals surface area contributed by atoms with Gasteiger partial charge in [0.2, 0.25) is 0 Å². The highest BCUT2D eigenvalue weighted by Crippen LogP contribution is 2.48. The van der Waals surface area contributed by atoms with Gasteiger partial charge in [0.1, 0.15) is 11.6 Å². The van der Waals surface area contributed by atoms with Crippen molar-refractivity contribution in [3.63, 3.8) is 0 Å². The van der Waals surface area contributed by atoms with Crippen LogP contribution >= 0.6 is 0 Å². The molecule has 2 heterocycles. The standard InChI is InChI=1S/C55H53F3N4/c1-24-28(5)36(13)51-47(32(24)9)48-33(10)25(2)29(6)37(14)52(48)61(51)45-20-40(43-18-17-42(55(56,57)58)19-41(43)22-59)21-46(44(45)23-60)62-53-38(15)30(7)26(3)34(11)49(53)50-35(12)27(4)31(8)39(16)54(50)62/h17-21H,1-16H3. The molecule has 0 aliphatic carbocycles. The van der Waals surface area contributed by atoms with E-state index in [2.05, 4.69) is 132 Å². The molecule has 0 saturated heterocycles. The minimum atomic E-state index is -4.63. The Morgan fingerprint density at radius 3 is 0.984 bits per heavy atom. The first-order valence-corrected chi connectivity index (χ1v) is 21.2. The number of halogens is 3. The van der Waals surface area contributed by atoms with Gasteiger partial charge in [0.15, 0.2) is 0 Å². The number of rotatable bonds is 3. The van der Waals surface area contributed by atoms with Gasteiger partial charge in [-0.1, -0.05) is 6.07 Å². The summed E-state index contributed by atoms with van der Waals surface area (Å²) in [7, 11) is 0. The summed E-state index contributed by atoms with van der Waals surface area (Å²) in [5.41, 5.74) is 24.0. The largest absolute Gasteiger partial charge is 0.416 e. The lowest BCUT2D eigenvalue weighted by molar-refractivity contribution is -0.137. The van der Waals surface area contributed by atoms with E-state index in [0.717, 1.165) is 100 Å². The van der Waals surface area contributed by atoms with E-state index in [1.165, 1.54) is 50.6 Å². The Morgan fingerprint density at radius 1 is 0.403 bits per heavy atom. The monoisotopic (exact) mass is 826 g/mol. The van der Waals surface area contributed by atoms with E-state index in [9.17, 15) is 23.7 Å². The highest BCUT2D eigenvalue weighted by molar-refractivity contribution is 6.17. The molecule has 0 spiro atoms. The van der Waals surface area contributed by atoms with Crippen LogP contribution in [-0.4, -0.2) is 9.13 Å². The Labute approximate surface area is 362 Å². The van der Waals surface area contributed by atoms with Gasteiger partial charge in [-0.05, 0) is 235 Å². The minimum absolute atomic E-state index is 0.0974. The molecular weight excluding hydrogens is 774 g/mol. The third kappa shape index (κ3) is 5.50. The molecule has 0 unspecified atom stereocenters. The van der Waals surface area contributed by atoms with Crippen LogP contribution in [0.5, 0.6) is 0 Å². The fourth-order valence-electron chi connectivity index (χ4n) is 10.5. The summed E-state index contributed by atoms with van der Waals surface area (Å²) < 4.78 is 47.1. The van der Waals surface area contributed by atoms with Crippen LogP contribution in [-0.2, 0) is 6.18 Å². The van der Waals surface area contributed by atoms with Crippen molar-refractivity contribution in [2.24, 2.45) is 0 Å². The van der Waals surface area contributed by atoms with E-state index < -0.39 is 11.7 Å². The number of aromatic nitrogens is 2. The quantitative estimate of drug-likeness (QED) is 0.178. The third-order valence-corrected chi connectivity index (χ3v) is 15.5. The Hall–Kier alpha value is -6.31. The second-order valence-corrected chi connectivity index (χ2v) is 17.9. The molecule has 0 bridgehead atoms. The topological polar surface area (TPSA) is 57.4 Å². The van der Waals surface area contributed by atoms with Crippen molar-refractivity contribution in [3.05, 3.63) is 136 Å². The first-order valence-electron chi connectivity index (χ1n) is 21.2. The Balaban J connectivity index is 1.73. The van der Waals surface area contributed by atoms with Crippen molar-refractivity contribution >= 4 is 43.6 Å². The zero-order valence-corrected chi connectivity index (χ0v) is 38.8. The van der Waals surface area contributed by atoms with Gasteiger partial charge in [0.25, 0.3) is 0 Å². The summed E-state index contributed by atoms with van der Waals surface area (Å²) in [6.07, 6.45) is -4.63. The molecular formula is C55H53F3N4. The molecule has 314 valence electrons. The maximum Gasteiger partial charge on any atom is 0.416 e. The fraction of sp³-hybridized carbons (Fsp3) is 0.309. The smallest absolute Gasteiger partial charge is 0.307 e. The summed E-state index contributed by atoms with van der Waals surface area (Å²) in [5, 5.41) is 26.9. The predicted molar refractivity (Wildman–Crippen MR) is 251 cm³/mol. The molecule has 7 heteroatoms. The molecule has 8 rings (SSSR count). The average molecular weight is 827 g/mol. The number of fused-ring (bicyclic) bond motifs is 6. The number of nitrogens with zero attached hydrogens (tertiary/aromatic N) is 4. The van der Waals surface area contributed by atoms with E-state index in [1.54, 1.807) is 0 Å². The molecule has 0 amide bonds. The SMILES string of the molecule is Cc1c(C)c(C)c2c(c1C)c1c(C)c(C)c(C)c(C)c1n2-c1cc(-c2ccc(C(F)(F)F)cc2C#N)cc(-n2c3c(C)c(C)c(C)c(C)c3c3c(C)c(C)c(C)c(C)c32)c1C#N. The minimum Gasteiger partial charge on any atom is -0.307 e. The van der Waals surface area contributed by atoms with Crippen LogP contribution in [0.25, 0.3) is 66.1 Å². The maximum absolute atomic E-state index is 14.2. The summed E-state index contributed by atoms with van der Waals surface area (Å²) in [6, 6.07) is 12.1. The van der Waals surface area contributed by atoms with Gasteiger partial charge in [-0.3, -0.25) is 0 Å². The van der Waals surface area contributed by atoms with Crippen molar-refractivity contribution in [3.8, 4) is 34.6 Å². The molecule has 0 fully saturated rings. The first kappa shape index (κ1) is 42.4. The molecule has 4 nitrogen and oxygen atoms in total. The van der Waals surface area contributed by atoms with Crippen molar-refractivity contribution in [2.75, 3.05) is 0 Å². The van der Waals surface area contributed by atoms with Crippen LogP contribution in [0.2, 0.25) is 0 Å². The molecule has 0 saturated carbocycles. The molecule has 0 aliphatic rings. The summed E-state index contributed by atoms with van der Waals surface area (Å²) in [4.78, 5) is 0. The molecule has 8 aromatic rings. The normalized spacial score (nSPS) is 12.1. The lowest BCUT2D eigenvalue weighted by Crippen LogP contribution is -2.09. The van der Waals surface area contributed by atoms with Crippen molar-refractivity contribution < 1.29 is 13.2 Å². The molecule has 0 atom stereocenters. The molecule has 2 aromatic heterocycles. The van der Waals surface area contributed by atoms with Crippen LogP contribution in [0.4, 0.5) is 13.2 Å². The number of hydrogen-bond donors (Lipinski definition) is 0. The molecule has 0 radical (unpaired) electrons. The maximum atomic E-state index is 14.2. The van der Waals surface area contributed by atoms with Gasteiger partial charge in [-0.2, -0.15) is 23.7 Å². The van der Waals surface area contributed by atoms with Gasteiger partial charge in [0, 0.05) is 21.5 Å². The van der Waals surface area contributed by atoms with E-state index >= 15 is 0 Å². The molecule has 0 N–H and O–H groups in total. The molecule has 62 heavy (non-hydrogen) atoms. The van der Waals surface area contributed by atoms with E-state index in [0.29, 0.717) is 28.1 Å². The summed E-state index contributed by atoms with van der Waals surface area (Å²) in [6.45, 7) is 34.5. The number of hydrogen-bond acceptors (Lipinski definition) is 2. The Kier molecular flexibility index (Phi) is 9.65. The average Bonchev–Trinajstić information content (AvgIpc) is 3.80. The lowest BCUT2D eigenvalue weighted by atomic mass is 9.90. The second kappa shape index (κ2) is 14.1. The van der Waals surface area contributed by atoms with E-state index in [4.69, 9.17) is 0 Å². The Bertz CT molecular complexity index is 3120. The van der Waals surface area contributed by atoms with Crippen molar-refractivity contribution in [2.45, 2.75) is 117 Å². The second-order valence-electron chi connectivity index (χ2n) is 17.9. The number of alkyl halides is 3. The summed E-state index contributed by atoms with van der Waals surface area (Å²) in [5.74, 6) is 0. The lowest BCUT2D eigenvalue weighted by Gasteiger charge is -2.22. The van der Waals surface area contributed by atoms with Crippen LogP contribution in [0, 0.1) is 133 Å². The van der Waals surface area contributed by atoms with Crippen LogP contribution in [0.15, 0.2) is 30.3 Å². The van der Waals surface area contributed by atoms with Crippen molar-refractivity contribution in [1.29, 1.82) is 10.5 Å². The fourth-order valence-corrected chi connectivity index (χ4v) is 10.5. The highest BCUT2D eigenvalue weighted by Gasteiger charge is 2.33. The van der Waals surface area contributed by atoms with E-state index in [1.807, 2.05) is 12.1 Å². The molecule has 0 aliphatic heterocycles. The van der Waals surface area contributed by atoms with Crippen LogP contribution < -0.4 is 0 Å². The first-order chi connectivity index (χ1) is 29.0. The Morgan fingerprint density at radius 2 is 0.710 bits per heavy atom. The highest BCUT2D eigenvalue weighted by atomic mass is 19.4. The van der Waals surface area contributed by atoms with E-state index in [-0.39, 0.29) is 5.56 Å². The third-order valence-electron chi connectivity index (χ3n) is 15.5.